The molecule has 2 heterocycles. The maximum atomic E-state index is 12.6. The van der Waals surface area contributed by atoms with Crippen molar-refractivity contribution in [3.63, 3.8) is 0 Å². The topological polar surface area (TPSA) is 65.2 Å². The van der Waals surface area contributed by atoms with Crippen molar-refractivity contribution in [3.05, 3.63) is 71.4 Å². The number of benzene rings is 2. The predicted molar refractivity (Wildman–Crippen MR) is 95.4 cm³/mol. The van der Waals surface area contributed by atoms with Crippen LogP contribution in [0.2, 0.25) is 0 Å². The highest BCUT2D eigenvalue weighted by Crippen LogP contribution is 2.27. The van der Waals surface area contributed by atoms with Gasteiger partial charge >= 0.3 is 5.97 Å². The Morgan fingerprint density at radius 1 is 1.08 bits per heavy atom. The van der Waals surface area contributed by atoms with Gasteiger partial charge in [-0.2, -0.15) is 0 Å². The number of carbonyl (C=O) groups is 1. The van der Waals surface area contributed by atoms with Crippen LogP contribution in [-0.4, -0.2) is 16.2 Å². The number of esters is 1. The van der Waals surface area contributed by atoms with Gasteiger partial charge in [-0.1, -0.05) is 42.5 Å². The molecule has 0 aliphatic heterocycles. The average molecular weight is 350 g/mol. The van der Waals surface area contributed by atoms with Crippen LogP contribution in [0.3, 0.4) is 0 Å². The summed E-state index contributed by atoms with van der Waals surface area (Å²) < 4.78 is 11.2. The first-order valence-electron chi connectivity index (χ1n) is 7.78. The highest BCUT2D eigenvalue weighted by atomic mass is 32.1. The molecule has 1 unspecified atom stereocenters. The highest BCUT2D eigenvalue weighted by molar-refractivity contribution is 7.13. The SMILES string of the molecule is CC(OC(=O)c1cccc2ccccc12)c1nnc(-c2cccs2)o1. The van der Waals surface area contributed by atoms with E-state index >= 15 is 0 Å². The second-order valence-electron chi connectivity index (χ2n) is 5.50. The van der Waals surface area contributed by atoms with E-state index in [9.17, 15) is 4.79 Å². The number of fused-ring (bicyclic) bond motifs is 1. The van der Waals surface area contributed by atoms with Gasteiger partial charge in [-0.15, -0.1) is 21.5 Å². The molecule has 0 N–H and O–H groups in total. The fourth-order valence-corrected chi connectivity index (χ4v) is 3.22. The number of aromatic nitrogens is 2. The first-order chi connectivity index (χ1) is 12.2. The number of hydrogen-bond acceptors (Lipinski definition) is 6. The summed E-state index contributed by atoms with van der Waals surface area (Å²) in [6.07, 6.45) is -0.632. The maximum absolute atomic E-state index is 12.6. The van der Waals surface area contributed by atoms with Crippen LogP contribution >= 0.6 is 11.3 Å². The molecule has 0 radical (unpaired) electrons. The number of hydrogen-bond donors (Lipinski definition) is 0. The third-order valence-corrected chi connectivity index (χ3v) is 4.67. The van der Waals surface area contributed by atoms with Crippen molar-refractivity contribution in [2.75, 3.05) is 0 Å². The normalized spacial score (nSPS) is 12.2. The molecule has 0 aliphatic rings. The minimum Gasteiger partial charge on any atom is -0.449 e. The van der Waals surface area contributed by atoms with E-state index in [1.54, 1.807) is 13.0 Å². The zero-order valence-corrected chi connectivity index (χ0v) is 14.2. The molecule has 0 saturated heterocycles. The zero-order valence-electron chi connectivity index (χ0n) is 13.4. The van der Waals surface area contributed by atoms with Crippen LogP contribution in [0.1, 0.15) is 29.3 Å². The van der Waals surface area contributed by atoms with E-state index in [-0.39, 0.29) is 5.89 Å². The lowest BCUT2D eigenvalue weighted by Gasteiger charge is -2.11. The lowest BCUT2D eigenvalue weighted by Crippen LogP contribution is -2.10. The van der Waals surface area contributed by atoms with Crippen LogP contribution in [0, 0.1) is 0 Å². The van der Waals surface area contributed by atoms with Crippen molar-refractivity contribution in [1.82, 2.24) is 10.2 Å². The molecular formula is C19H14N2O3S. The molecule has 0 saturated carbocycles. The van der Waals surface area contributed by atoms with Crippen LogP contribution in [0.15, 0.2) is 64.4 Å². The van der Waals surface area contributed by atoms with E-state index in [1.165, 1.54) is 11.3 Å². The van der Waals surface area contributed by atoms with Gasteiger partial charge in [0.2, 0.25) is 0 Å². The Bertz CT molecular complexity index is 1020. The summed E-state index contributed by atoms with van der Waals surface area (Å²) in [5, 5.41) is 11.8. The molecule has 4 rings (SSSR count). The van der Waals surface area contributed by atoms with Crippen molar-refractivity contribution >= 4 is 28.1 Å². The second kappa shape index (κ2) is 6.49. The highest BCUT2D eigenvalue weighted by Gasteiger charge is 2.21. The summed E-state index contributed by atoms with van der Waals surface area (Å²) in [4.78, 5) is 13.4. The summed E-state index contributed by atoms with van der Waals surface area (Å²) in [5.74, 6) is 0.287. The van der Waals surface area contributed by atoms with E-state index in [4.69, 9.17) is 9.15 Å². The van der Waals surface area contributed by atoms with Gasteiger partial charge in [0.05, 0.1) is 10.4 Å². The smallest absolute Gasteiger partial charge is 0.339 e. The molecule has 0 bridgehead atoms. The standard InChI is InChI=1S/C19H14N2O3S/c1-12(17-20-21-18(24-17)16-10-5-11-25-16)23-19(22)15-9-4-7-13-6-2-3-8-14(13)15/h2-12H,1H3. The van der Waals surface area contributed by atoms with Crippen molar-refractivity contribution in [3.8, 4) is 10.8 Å². The molecule has 0 fully saturated rings. The van der Waals surface area contributed by atoms with Crippen LogP contribution in [0.5, 0.6) is 0 Å². The summed E-state index contributed by atoms with van der Waals surface area (Å²) in [6.45, 7) is 1.72. The lowest BCUT2D eigenvalue weighted by atomic mass is 10.0. The van der Waals surface area contributed by atoms with E-state index in [0.29, 0.717) is 11.5 Å². The summed E-state index contributed by atoms with van der Waals surface area (Å²) >= 11 is 1.51. The number of carbonyl (C=O) groups excluding carboxylic acids is 1. The van der Waals surface area contributed by atoms with Crippen molar-refractivity contribution < 1.29 is 13.9 Å². The summed E-state index contributed by atoms with van der Waals surface area (Å²) in [5.41, 5.74) is 0.517. The van der Waals surface area contributed by atoms with E-state index in [2.05, 4.69) is 10.2 Å². The van der Waals surface area contributed by atoms with E-state index < -0.39 is 12.1 Å². The molecule has 124 valence electrons. The number of ether oxygens (including phenoxy) is 1. The minimum absolute atomic E-state index is 0.275. The second-order valence-corrected chi connectivity index (χ2v) is 6.44. The van der Waals surface area contributed by atoms with Crippen LogP contribution < -0.4 is 0 Å². The van der Waals surface area contributed by atoms with Crippen LogP contribution in [-0.2, 0) is 4.74 Å². The van der Waals surface area contributed by atoms with Gasteiger partial charge in [-0.3, -0.25) is 0 Å². The number of rotatable bonds is 4. The van der Waals surface area contributed by atoms with E-state index in [1.807, 2.05) is 53.9 Å². The fourth-order valence-electron chi connectivity index (χ4n) is 2.58. The third-order valence-electron chi connectivity index (χ3n) is 3.81. The molecule has 6 heteroatoms. The van der Waals surface area contributed by atoms with Gasteiger partial charge in [0.1, 0.15) is 0 Å². The zero-order chi connectivity index (χ0) is 17.2. The molecule has 2 aromatic heterocycles. The van der Waals surface area contributed by atoms with Crippen molar-refractivity contribution in [1.29, 1.82) is 0 Å². The average Bonchev–Trinajstić information content (AvgIpc) is 3.32. The van der Waals surface area contributed by atoms with Crippen LogP contribution in [0.25, 0.3) is 21.5 Å². The monoisotopic (exact) mass is 350 g/mol. The fraction of sp³-hybridized carbons (Fsp3) is 0.105. The molecule has 25 heavy (non-hydrogen) atoms. The maximum Gasteiger partial charge on any atom is 0.339 e. The van der Waals surface area contributed by atoms with Gasteiger partial charge < -0.3 is 9.15 Å². The predicted octanol–water partition coefficient (Wildman–Crippen LogP) is 4.87. The first-order valence-corrected chi connectivity index (χ1v) is 8.66. The quantitative estimate of drug-likeness (QED) is 0.491. The minimum atomic E-state index is -0.632. The molecule has 1 atom stereocenters. The molecule has 2 aromatic carbocycles. The van der Waals surface area contributed by atoms with Gasteiger partial charge in [0.15, 0.2) is 6.10 Å². The molecule has 5 nitrogen and oxygen atoms in total. The molecule has 4 aromatic rings. The van der Waals surface area contributed by atoms with Gasteiger partial charge in [0, 0.05) is 0 Å². The Balaban J connectivity index is 1.56. The summed E-state index contributed by atoms with van der Waals surface area (Å²) in [7, 11) is 0. The molecule has 0 aliphatic carbocycles. The molecule has 0 amide bonds. The van der Waals surface area contributed by atoms with Gasteiger partial charge in [0.25, 0.3) is 11.8 Å². The first kappa shape index (κ1) is 15.5. The Hall–Kier alpha value is -2.99. The van der Waals surface area contributed by atoms with Gasteiger partial charge in [-0.25, -0.2) is 4.79 Å². The summed E-state index contributed by atoms with van der Waals surface area (Å²) in [6, 6.07) is 17.1. The Morgan fingerprint density at radius 2 is 1.92 bits per heavy atom. The largest absolute Gasteiger partial charge is 0.449 e. The lowest BCUT2D eigenvalue weighted by molar-refractivity contribution is 0.0282. The van der Waals surface area contributed by atoms with Crippen molar-refractivity contribution in [2.24, 2.45) is 0 Å². The Morgan fingerprint density at radius 3 is 2.76 bits per heavy atom. The number of thiophene rings is 1. The number of nitrogens with zero attached hydrogens (tertiary/aromatic N) is 2. The van der Waals surface area contributed by atoms with E-state index in [0.717, 1.165) is 15.6 Å². The molecule has 0 spiro atoms. The Labute approximate surface area is 147 Å². The van der Waals surface area contributed by atoms with Crippen LogP contribution in [0.4, 0.5) is 0 Å². The molecular weight excluding hydrogens is 336 g/mol. The third kappa shape index (κ3) is 3.04. The van der Waals surface area contributed by atoms with Crippen molar-refractivity contribution in [2.45, 2.75) is 13.0 Å². The Kier molecular flexibility index (Phi) is 4.03. The van der Waals surface area contributed by atoms with Gasteiger partial charge in [-0.05, 0) is 35.2 Å².